The Hall–Kier alpha value is -2.62. The molecule has 1 aromatic heterocycles. The van der Waals surface area contributed by atoms with Gasteiger partial charge in [0.15, 0.2) is 0 Å². The second kappa shape index (κ2) is 4.45. The number of benzene rings is 2. The molecule has 0 bridgehead atoms. The summed E-state index contributed by atoms with van der Waals surface area (Å²) >= 11 is 0. The van der Waals surface area contributed by atoms with Gasteiger partial charge >= 0.3 is 0 Å². The molecule has 4 rings (SSSR count). The Morgan fingerprint density at radius 2 is 1.86 bits per heavy atom. The molecule has 1 unspecified atom stereocenters. The summed E-state index contributed by atoms with van der Waals surface area (Å²) in [5, 5.41) is 4.09. The number of hydrogen-bond donors (Lipinski definition) is 1. The highest BCUT2D eigenvalue weighted by Crippen LogP contribution is 2.45. The topological polar surface area (TPSA) is 52.0 Å². The van der Waals surface area contributed by atoms with Gasteiger partial charge in [0.25, 0.3) is 0 Å². The van der Waals surface area contributed by atoms with E-state index in [0.717, 1.165) is 12.1 Å². The third kappa shape index (κ3) is 1.76. The summed E-state index contributed by atoms with van der Waals surface area (Å²) in [6.07, 6.45) is 0.879. The van der Waals surface area contributed by atoms with Crippen LogP contribution in [0.3, 0.4) is 0 Å². The van der Waals surface area contributed by atoms with Crippen LogP contribution in [-0.2, 0) is 6.42 Å². The van der Waals surface area contributed by atoms with Gasteiger partial charge in [-0.3, -0.25) is 0 Å². The van der Waals surface area contributed by atoms with E-state index in [0.29, 0.717) is 11.1 Å². The number of nitrogen functional groups attached to an aromatic ring is 1. The number of anilines is 1. The summed E-state index contributed by atoms with van der Waals surface area (Å²) in [5.41, 5.74) is 10.1. The van der Waals surface area contributed by atoms with E-state index in [1.165, 1.54) is 17.2 Å². The van der Waals surface area contributed by atoms with Crippen LogP contribution in [-0.4, -0.2) is 5.16 Å². The van der Waals surface area contributed by atoms with Gasteiger partial charge in [0.1, 0.15) is 11.5 Å². The van der Waals surface area contributed by atoms with Gasteiger partial charge in [0.2, 0.25) is 5.88 Å². The van der Waals surface area contributed by atoms with Gasteiger partial charge in [0.05, 0.1) is 5.56 Å². The van der Waals surface area contributed by atoms with Crippen molar-refractivity contribution in [2.45, 2.75) is 12.3 Å². The highest BCUT2D eigenvalue weighted by atomic mass is 19.1. The van der Waals surface area contributed by atoms with Gasteiger partial charge in [-0.25, -0.2) is 4.39 Å². The number of nitrogens with zero attached hydrogens (tertiary/aromatic N) is 1. The molecule has 3 nitrogen and oxygen atoms in total. The Labute approximate surface area is 121 Å². The predicted octanol–water partition coefficient (Wildman–Crippen LogP) is 3.75. The third-order valence-corrected chi connectivity index (χ3v) is 4.07. The van der Waals surface area contributed by atoms with Crippen LogP contribution in [0.15, 0.2) is 53.1 Å². The number of nitrogens with two attached hydrogens (primary N) is 1. The molecule has 0 radical (unpaired) electrons. The van der Waals surface area contributed by atoms with Gasteiger partial charge in [-0.05, 0) is 23.6 Å². The van der Waals surface area contributed by atoms with E-state index in [-0.39, 0.29) is 17.6 Å². The molecule has 0 saturated heterocycles. The quantitative estimate of drug-likeness (QED) is 0.777. The van der Waals surface area contributed by atoms with Crippen molar-refractivity contribution in [3.63, 3.8) is 0 Å². The largest absolute Gasteiger partial charge is 0.367 e. The van der Waals surface area contributed by atoms with Gasteiger partial charge in [0, 0.05) is 11.5 Å². The molecular formula is C17H13FN2O. The summed E-state index contributed by atoms with van der Waals surface area (Å²) in [4.78, 5) is 0. The van der Waals surface area contributed by atoms with E-state index in [9.17, 15) is 4.39 Å². The molecule has 1 atom stereocenters. The zero-order valence-corrected chi connectivity index (χ0v) is 11.2. The molecule has 0 amide bonds. The Balaban J connectivity index is 1.85. The highest BCUT2D eigenvalue weighted by Gasteiger charge is 2.33. The molecule has 2 aromatic carbocycles. The normalized spacial score (nSPS) is 16.3. The molecule has 104 valence electrons. The molecule has 0 saturated carbocycles. The maximum atomic E-state index is 14.1. The van der Waals surface area contributed by atoms with Crippen molar-refractivity contribution in [2.75, 3.05) is 5.73 Å². The minimum atomic E-state index is -0.318. The van der Waals surface area contributed by atoms with Crippen LogP contribution in [0.2, 0.25) is 0 Å². The van der Waals surface area contributed by atoms with E-state index < -0.39 is 0 Å². The van der Waals surface area contributed by atoms with Crippen LogP contribution >= 0.6 is 0 Å². The fourth-order valence-electron chi connectivity index (χ4n) is 2.99. The van der Waals surface area contributed by atoms with Crippen molar-refractivity contribution in [3.8, 4) is 11.1 Å². The van der Waals surface area contributed by atoms with Gasteiger partial charge in [-0.1, -0.05) is 47.6 Å². The van der Waals surface area contributed by atoms with E-state index in [1.807, 2.05) is 12.1 Å². The van der Waals surface area contributed by atoms with Crippen LogP contribution < -0.4 is 5.73 Å². The molecule has 0 spiro atoms. The molecule has 3 aromatic rings. The lowest BCUT2D eigenvalue weighted by atomic mass is 9.74. The molecule has 21 heavy (non-hydrogen) atoms. The van der Waals surface area contributed by atoms with Crippen molar-refractivity contribution < 1.29 is 8.91 Å². The Morgan fingerprint density at radius 1 is 1.10 bits per heavy atom. The van der Waals surface area contributed by atoms with Crippen molar-refractivity contribution in [3.05, 3.63) is 71.2 Å². The molecule has 1 aliphatic carbocycles. The molecule has 0 aliphatic heterocycles. The smallest absolute Gasteiger partial charge is 0.230 e. The number of halogens is 1. The van der Waals surface area contributed by atoms with Crippen LogP contribution in [0.25, 0.3) is 11.1 Å². The first-order valence-corrected chi connectivity index (χ1v) is 6.83. The Bertz CT molecular complexity index is 825. The predicted molar refractivity (Wildman–Crippen MR) is 78.3 cm³/mol. The van der Waals surface area contributed by atoms with Crippen LogP contribution in [0.1, 0.15) is 22.7 Å². The second-order valence-electron chi connectivity index (χ2n) is 5.24. The third-order valence-electron chi connectivity index (χ3n) is 4.07. The number of fused-ring (bicyclic) bond motifs is 1. The zero-order chi connectivity index (χ0) is 14.4. The minimum Gasteiger partial charge on any atom is -0.367 e. The van der Waals surface area contributed by atoms with Crippen molar-refractivity contribution in [1.82, 2.24) is 5.16 Å². The summed E-state index contributed by atoms with van der Waals surface area (Å²) in [6, 6.07) is 14.7. The zero-order valence-electron chi connectivity index (χ0n) is 11.2. The van der Waals surface area contributed by atoms with Crippen molar-refractivity contribution in [2.24, 2.45) is 0 Å². The lowest BCUT2D eigenvalue weighted by molar-refractivity contribution is 0.420. The summed E-state index contributed by atoms with van der Waals surface area (Å²) in [5.74, 6) is -0.0300. The fourth-order valence-corrected chi connectivity index (χ4v) is 2.99. The molecule has 0 fully saturated rings. The van der Waals surface area contributed by atoms with Gasteiger partial charge in [-0.2, -0.15) is 0 Å². The standard InChI is InChI=1S/C17H13FN2O/c18-14-8-4-3-7-12(14)15-16(20-21-17(15)19)13-9-10-5-1-2-6-11(10)13/h1-8,13H,9,19H2. The molecule has 4 heteroatoms. The minimum absolute atomic E-state index is 0.122. The Kier molecular flexibility index (Phi) is 2.57. The van der Waals surface area contributed by atoms with E-state index in [4.69, 9.17) is 10.3 Å². The maximum Gasteiger partial charge on any atom is 0.230 e. The molecule has 2 N–H and O–H groups in total. The van der Waals surface area contributed by atoms with E-state index >= 15 is 0 Å². The lowest BCUT2D eigenvalue weighted by Crippen LogP contribution is -2.19. The maximum absolute atomic E-state index is 14.1. The van der Waals surface area contributed by atoms with E-state index in [2.05, 4.69) is 17.3 Å². The molecular weight excluding hydrogens is 267 g/mol. The van der Waals surface area contributed by atoms with Gasteiger partial charge < -0.3 is 10.3 Å². The first-order chi connectivity index (χ1) is 10.3. The van der Waals surface area contributed by atoms with Crippen molar-refractivity contribution >= 4 is 5.88 Å². The van der Waals surface area contributed by atoms with E-state index in [1.54, 1.807) is 18.2 Å². The van der Waals surface area contributed by atoms with Crippen molar-refractivity contribution in [1.29, 1.82) is 0 Å². The molecule has 1 aliphatic rings. The second-order valence-corrected chi connectivity index (χ2v) is 5.24. The van der Waals surface area contributed by atoms with Crippen LogP contribution in [0.4, 0.5) is 10.3 Å². The number of rotatable bonds is 2. The highest BCUT2D eigenvalue weighted by molar-refractivity contribution is 5.77. The fraction of sp³-hybridized carbons (Fsp3) is 0.118. The monoisotopic (exact) mass is 280 g/mol. The SMILES string of the molecule is Nc1onc(C2Cc3ccccc32)c1-c1ccccc1F. The first kappa shape index (κ1) is 12.1. The number of aromatic nitrogens is 1. The molecule has 1 heterocycles. The average molecular weight is 280 g/mol. The van der Waals surface area contributed by atoms with Gasteiger partial charge in [-0.15, -0.1) is 0 Å². The summed E-state index contributed by atoms with van der Waals surface area (Å²) in [7, 11) is 0. The van der Waals surface area contributed by atoms with Crippen LogP contribution in [0, 0.1) is 5.82 Å². The summed E-state index contributed by atoms with van der Waals surface area (Å²) in [6.45, 7) is 0. The Morgan fingerprint density at radius 3 is 2.67 bits per heavy atom. The first-order valence-electron chi connectivity index (χ1n) is 6.83. The van der Waals surface area contributed by atoms with Crippen LogP contribution in [0.5, 0.6) is 0 Å². The average Bonchev–Trinajstić information content (AvgIpc) is 2.83. The number of hydrogen-bond acceptors (Lipinski definition) is 3. The lowest BCUT2D eigenvalue weighted by Gasteiger charge is -2.29. The summed E-state index contributed by atoms with van der Waals surface area (Å²) < 4.78 is 19.2.